The Kier molecular flexibility index (Phi) is 5.03. The van der Waals surface area contributed by atoms with E-state index >= 15 is 0 Å². The van der Waals surface area contributed by atoms with Crippen molar-refractivity contribution in [2.75, 3.05) is 18.0 Å². The number of aliphatic carboxylic acids is 1. The Bertz CT molecular complexity index is 641. The highest BCUT2D eigenvalue weighted by molar-refractivity contribution is 6.09. The second-order valence-electron chi connectivity index (χ2n) is 6.08. The van der Waals surface area contributed by atoms with E-state index in [1.54, 1.807) is 4.90 Å². The van der Waals surface area contributed by atoms with E-state index in [2.05, 4.69) is 5.32 Å². The molecule has 124 valence electrons. The Hall–Kier alpha value is -2.37. The Morgan fingerprint density at radius 1 is 1.35 bits per heavy atom. The fourth-order valence-corrected chi connectivity index (χ4v) is 2.54. The molecule has 0 saturated carbocycles. The van der Waals surface area contributed by atoms with Crippen LogP contribution in [0.4, 0.5) is 5.69 Å². The van der Waals surface area contributed by atoms with Gasteiger partial charge in [0.15, 0.2) is 0 Å². The lowest BCUT2D eigenvalue weighted by atomic mass is 10.1. The predicted octanol–water partition coefficient (Wildman–Crippen LogP) is 1.49. The largest absolute Gasteiger partial charge is 0.481 e. The van der Waals surface area contributed by atoms with Crippen molar-refractivity contribution in [2.24, 2.45) is 11.8 Å². The van der Waals surface area contributed by atoms with Crippen molar-refractivity contribution >= 4 is 23.5 Å². The van der Waals surface area contributed by atoms with Gasteiger partial charge in [0, 0.05) is 18.8 Å². The van der Waals surface area contributed by atoms with Crippen LogP contribution in [-0.2, 0) is 14.4 Å². The maximum absolute atomic E-state index is 12.5. The molecule has 1 fully saturated rings. The minimum absolute atomic E-state index is 0.0294. The number of carbonyl (C=O) groups excluding carboxylic acids is 2. The number of aryl methyl sites for hydroxylation is 2. The van der Waals surface area contributed by atoms with Crippen LogP contribution in [0.5, 0.6) is 0 Å². The van der Waals surface area contributed by atoms with E-state index in [0.717, 1.165) is 16.8 Å². The predicted molar refractivity (Wildman–Crippen MR) is 86.2 cm³/mol. The molecule has 0 aliphatic carbocycles. The van der Waals surface area contributed by atoms with Crippen molar-refractivity contribution in [3.8, 4) is 0 Å². The van der Waals surface area contributed by atoms with Crippen LogP contribution >= 0.6 is 0 Å². The molecule has 2 atom stereocenters. The average molecular weight is 318 g/mol. The molecule has 0 aromatic heterocycles. The Labute approximate surface area is 135 Å². The normalized spacial score (nSPS) is 18.8. The summed E-state index contributed by atoms with van der Waals surface area (Å²) in [4.78, 5) is 37.0. The zero-order chi connectivity index (χ0) is 17.1. The second-order valence-corrected chi connectivity index (χ2v) is 6.08. The summed E-state index contributed by atoms with van der Waals surface area (Å²) in [7, 11) is 0. The number of anilines is 1. The molecular formula is C17H22N2O4. The van der Waals surface area contributed by atoms with Crippen LogP contribution in [0.15, 0.2) is 18.2 Å². The fraction of sp³-hybridized carbons (Fsp3) is 0.471. The summed E-state index contributed by atoms with van der Waals surface area (Å²) in [5, 5.41) is 11.4. The van der Waals surface area contributed by atoms with E-state index in [0.29, 0.717) is 13.0 Å². The van der Waals surface area contributed by atoms with Crippen LogP contribution in [0.1, 0.15) is 24.5 Å². The third-order valence-electron chi connectivity index (χ3n) is 4.33. The van der Waals surface area contributed by atoms with Gasteiger partial charge in [0.25, 0.3) is 0 Å². The molecule has 1 aromatic rings. The second kappa shape index (κ2) is 6.81. The number of rotatable bonds is 5. The van der Waals surface area contributed by atoms with Crippen LogP contribution in [0.25, 0.3) is 0 Å². The number of benzene rings is 1. The number of carboxylic acids is 1. The molecular weight excluding hydrogens is 296 g/mol. The van der Waals surface area contributed by atoms with Gasteiger partial charge in [0.1, 0.15) is 5.92 Å². The standard InChI is InChI=1S/C17H22N2O4/c1-10-4-5-13(8-11(10)2)19-7-6-14(16(19)21)15(20)18-9-12(3)17(22)23/h4-5,8,12,14H,6-7,9H2,1-3H3,(H,18,20)(H,22,23). The number of hydrogen-bond acceptors (Lipinski definition) is 3. The number of carboxylic acid groups (broad SMARTS) is 1. The third-order valence-corrected chi connectivity index (χ3v) is 4.33. The van der Waals surface area contributed by atoms with Crippen molar-refractivity contribution in [2.45, 2.75) is 27.2 Å². The van der Waals surface area contributed by atoms with E-state index in [9.17, 15) is 14.4 Å². The van der Waals surface area contributed by atoms with Crippen LogP contribution in [-0.4, -0.2) is 36.0 Å². The minimum atomic E-state index is -0.972. The lowest BCUT2D eigenvalue weighted by Crippen LogP contribution is -2.39. The first-order valence-corrected chi connectivity index (χ1v) is 7.70. The highest BCUT2D eigenvalue weighted by Crippen LogP contribution is 2.27. The SMILES string of the molecule is Cc1ccc(N2CCC(C(=O)NCC(C)C(=O)O)C2=O)cc1C. The monoisotopic (exact) mass is 318 g/mol. The first kappa shape index (κ1) is 17.0. The minimum Gasteiger partial charge on any atom is -0.481 e. The third kappa shape index (κ3) is 3.70. The van der Waals surface area contributed by atoms with Crippen molar-refractivity contribution in [3.05, 3.63) is 29.3 Å². The first-order chi connectivity index (χ1) is 10.8. The molecule has 0 bridgehead atoms. The number of nitrogens with zero attached hydrogens (tertiary/aromatic N) is 1. The summed E-state index contributed by atoms with van der Waals surface area (Å²) in [5.74, 6) is -3.01. The molecule has 1 aliphatic heterocycles. The molecule has 23 heavy (non-hydrogen) atoms. The maximum Gasteiger partial charge on any atom is 0.308 e. The topological polar surface area (TPSA) is 86.7 Å². The molecule has 2 amide bonds. The van der Waals surface area contributed by atoms with Gasteiger partial charge in [0.2, 0.25) is 11.8 Å². The molecule has 2 unspecified atom stereocenters. The van der Waals surface area contributed by atoms with Crippen LogP contribution in [0.3, 0.4) is 0 Å². The summed E-state index contributed by atoms with van der Waals surface area (Å²) in [5.41, 5.74) is 3.04. The zero-order valence-corrected chi connectivity index (χ0v) is 13.6. The Morgan fingerprint density at radius 2 is 2.04 bits per heavy atom. The maximum atomic E-state index is 12.5. The summed E-state index contributed by atoms with van der Waals surface area (Å²) in [6.07, 6.45) is 0.443. The van der Waals surface area contributed by atoms with E-state index in [4.69, 9.17) is 5.11 Å². The number of amides is 2. The van der Waals surface area contributed by atoms with Gasteiger partial charge in [0.05, 0.1) is 5.92 Å². The number of nitrogens with one attached hydrogen (secondary N) is 1. The van der Waals surface area contributed by atoms with Gasteiger partial charge in [-0.05, 0) is 43.5 Å². The molecule has 2 rings (SSSR count). The van der Waals surface area contributed by atoms with Gasteiger partial charge < -0.3 is 15.3 Å². The van der Waals surface area contributed by atoms with Crippen LogP contribution in [0.2, 0.25) is 0 Å². The average Bonchev–Trinajstić information content (AvgIpc) is 2.89. The molecule has 6 nitrogen and oxygen atoms in total. The molecule has 6 heteroatoms. The molecule has 1 saturated heterocycles. The van der Waals surface area contributed by atoms with Crippen molar-refractivity contribution in [3.63, 3.8) is 0 Å². The number of carbonyl (C=O) groups is 3. The smallest absolute Gasteiger partial charge is 0.308 e. The van der Waals surface area contributed by atoms with E-state index < -0.39 is 23.7 Å². The Balaban J connectivity index is 2.02. The molecule has 0 spiro atoms. The van der Waals surface area contributed by atoms with Gasteiger partial charge >= 0.3 is 5.97 Å². The molecule has 2 N–H and O–H groups in total. The molecule has 1 heterocycles. The van der Waals surface area contributed by atoms with Gasteiger partial charge in [-0.15, -0.1) is 0 Å². The van der Waals surface area contributed by atoms with Crippen molar-refractivity contribution in [1.82, 2.24) is 5.32 Å². The van der Waals surface area contributed by atoms with Gasteiger partial charge in [-0.2, -0.15) is 0 Å². The van der Waals surface area contributed by atoms with Gasteiger partial charge in [-0.3, -0.25) is 14.4 Å². The van der Waals surface area contributed by atoms with Crippen molar-refractivity contribution in [1.29, 1.82) is 0 Å². The quantitative estimate of drug-likeness (QED) is 0.805. The van der Waals surface area contributed by atoms with E-state index in [1.807, 2.05) is 32.0 Å². The molecule has 1 aliphatic rings. The lowest BCUT2D eigenvalue weighted by Gasteiger charge is -2.18. The highest BCUT2D eigenvalue weighted by atomic mass is 16.4. The fourth-order valence-electron chi connectivity index (χ4n) is 2.54. The van der Waals surface area contributed by atoms with Crippen LogP contribution in [0, 0.1) is 25.7 Å². The first-order valence-electron chi connectivity index (χ1n) is 7.70. The Morgan fingerprint density at radius 3 is 2.65 bits per heavy atom. The summed E-state index contributed by atoms with van der Waals surface area (Å²) in [6.45, 7) is 6.03. The molecule has 1 aromatic carbocycles. The summed E-state index contributed by atoms with van der Waals surface area (Å²) >= 11 is 0. The van der Waals surface area contributed by atoms with Gasteiger partial charge in [-0.25, -0.2) is 0 Å². The van der Waals surface area contributed by atoms with E-state index in [1.165, 1.54) is 6.92 Å². The zero-order valence-electron chi connectivity index (χ0n) is 13.6. The van der Waals surface area contributed by atoms with E-state index in [-0.39, 0.29) is 12.5 Å². The summed E-state index contributed by atoms with van der Waals surface area (Å²) < 4.78 is 0. The number of hydrogen-bond donors (Lipinski definition) is 2. The van der Waals surface area contributed by atoms with Crippen LogP contribution < -0.4 is 10.2 Å². The molecule has 0 radical (unpaired) electrons. The lowest BCUT2D eigenvalue weighted by molar-refractivity contribution is -0.141. The van der Waals surface area contributed by atoms with Crippen molar-refractivity contribution < 1.29 is 19.5 Å². The van der Waals surface area contributed by atoms with Gasteiger partial charge in [-0.1, -0.05) is 13.0 Å². The highest BCUT2D eigenvalue weighted by Gasteiger charge is 2.37. The summed E-state index contributed by atoms with van der Waals surface area (Å²) in [6, 6.07) is 5.78.